The van der Waals surface area contributed by atoms with Crippen molar-refractivity contribution in [3.8, 4) is 6.07 Å². The number of benzene rings is 2. The molecule has 0 unspecified atom stereocenters. The molecule has 21 heavy (non-hydrogen) atoms. The number of carbonyl (C=O) groups excluding carboxylic acids is 1. The predicted molar refractivity (Wildman–Crippen MR) is 84.5 cm³/mol. The van der Waals surface area contributed by atoms with E-state index in [0.29, 0.717) is 16.3 Å². The highest BCUT2D eigenvalue weighted by Crippen LogP contribution is 2.20. The highest BCUT2D eigenvalue weighted by Gasteiger charge is 2.07. The van der Waals surface area contributed by atoms with Gasteiger partial charge in [0, 0.05) is 10.7 Å². The molecule has 0 aliphatic heterocycles. The minimum atomic E-state index is -0.187. The van der Waals surface area contributed by atoms with Crippen molar-refractivity contribution in [1.29, 1.82) is 5.26 Å². The van der Waals surface area contributed by atoms with E-state index in [0.717, 1.165) is 11.3 Å². The summed E-state index contributed by atoms with van der Waals surface area (Å²) < 4.78 is 0. The van der Waals surface area contributed by atoms with Gasteiger partial charge in [-0.3, -0.25) is 4.79 Å². The maximum absolute atomic E-state index is 11.9. The van der Waals surface area contributed by atoms with Gasteiger partial charge in [-0.25, -0.2) is 0 Å². The maximum atomic E-state index is 11.9. The summed E-state index contributed by atoms with van der Waals surface area (Å²) in [5.74, 6) is -0.187. The zero-order valence-corrected chi connectivity index (χ0v) is 12.2. The first kappa shape index (κ1) is 14.9. The Kier molecular flexibility index (Phi) is 4.81. The van der Waals surface area contributed by atoms with Crippen molar-refractivity contribution in [2.75, 3.05) is 17.2 Å². The van der Waals surface area contributed by atoms with E-state index in [1.165, 1.54) is 0 Å². The Hall–Kier alpha value is -2.51. The summed E-state index contributed by atoms with van der Waals surface area (Å²) in [6.45, 7) is 1.98. The molecule has 106 valence electrons. The van der Waals surface area contributed by atoms with Gasteiger partial charge in [0.25, 0.3) is 0 Å². The largest absolute Gasteiger partial charge is 0.375 e. The number of hydrogen-bond acceptors (Lipinski definition) is 3. The lowest BCUT2D eigenvalue weighted by Gasteiger charge is -2.10. The van der Waals surface area contributed by atoms with Gasteiger partial charge in [-0.1, -0.05) is 29.8 Å². The van der Waals surface area contributed by atoms with Crippen LogP contribution in [0.15, 0.2) is 42.5 Å². The summed E-state index contributed by atoms with van der Waals surface area (Å²) in [7, 11) is 0. The molecular weight excluding hydrogens is 286 g/mol. The van der Waals surface area contributed by atoms with Crippen molar-refractivity contribution in [2.24, 2.45) is 0 Å². The highest BCUT2D eigenvalue weighted by atomic mass is 35.5. The van der Waals surface area contributed by atoms with Crippen LogP contribution in [0.2, 0.25) is 5.02 Å². The molecule has 4 nitrogen and oxygen atoms in total. The van der Waals surface area contributed by atoms with Gasteiger partial charge in [-0.15, -0.1) is 0 Å². The third kappa shape index (κ3) is 3.98. The van der Waals surface area contributed by atoms with E-state index in [1.807, 2.05) is 31.2 Å². The maximum Gasteiger partial charge on any atom is 0.243 e. The molecule has 0 bridgehead atoms. The Balaban J connectivity index is 2.01. The van der Waals surface area contributed by atoms with Crippen molar-refractivity contribution >= 4 is 28.9 Å². The standard InChI is InChI=1S/C16H14ClN3O/c1-11-4-2-3-5-14(11)20-16(21)10-19-15-8-13(17)7-6-12(15)9-18/h2-8,19H,10H2,1H3,(H,20,21). The normalized spacial score (nSPS) is 9.76. The topological polar surface area (TPSA) is 64.9 Å². The van der Waals surface area contributed by atoms with Gasteiger partial charge in [0.1, 0.15) is 6.07 Å². The number of halogens is 1. The first-order valence-corrected chi connectivity index (χ1v) is 6.77. The fourth-order valence-electron chi connectivity index (χ4n) is 1.84. The van der Waals surface area contributed by atoms with Crippen LogP contribution in [0.5, 0.6) is 0 Å². The number of carbonyl (C=O) groups is 1. The summed E-state index contributed by atoms with van der Waals surface area (Å²) in [5.41, 5.74) is 2.76. The van der Waals surface area contributed by atoms with E-state index in [-0.39, 0.29) is 12.5 Å². The fraction of sp³-hybridized carbons (Fsp3) is 0.125. The van der Waals surface area contributed by atoms with E-state index in [1.54, 1.807) is 18.2 Å². The minimum absolute atomic E-state index is 0.0589. The van der Waals surface area contributed by atoms with Gasteiger partial charge in [0.05, 0.1) is 17.8 Å². The smallest absolute Gasteiger partial charge is 0.243 e. The van der Waals surface area contributed by atoms with Crippen LogP contribution in [0.3, 0.4) is 0 Å². The lowest BCUT2D eigenvalue weighted by molar-refractivity contribution is -0.114. The lowest BCUT2D eigenvalue weighted by Crippen LogP contribution is -2.22. The number of nitrogens with zero attached hydrogens (tertiary/aromatic N) is 1. The van der Waals surface area contributed by atoms with Crippen molar-refractivity contribution in [2.45, 2.75) is 6.92 Å². The summed E-state index contributed by atoms with van der Waals surface area (Å²) in [4.78, 5) is 11.9. The van der Waals surface area contributed by atoms with Crippen LogP contribution in [-0.2, 0) is 4.79 Å². The van der Waals surface area contributed by atoms with E-state index in [9.17, 15) is 4.79 Å². The second kappa shape index (κ2) is 6.78. The van der Waals surface area contributed by atoms with Gasteiger partial charge in [-0.05, 0) is 36.8 Å². The monoisotopic (exact) mass is 299 g/mol. The van der Waals surface area contributed by atoms with Crippen molar-refractivity contribution < 1.29 is 4.79 Å². The number of hydrogen-bond donors (Lipinski definition) is 2. The van der Waals surface area contributed by atoms with Crippen LogP contribution in [0, 0.1) is 18.3 Å². The first-order valence-electron chi connectivity index (χ1n) is 6.39. The Morgan fingerprint density at radius 3 is 2.71 bits per heavy atom. The molecule has 0 aliphatic carbocycles. The van der Waals surface area contributed by atoms with Crippen LogP contribution in [-0.4, -0.2) is 12.5 Å². The zero-order chi connectivity index (χ0) is 15.2. The average molecular weight is 300 g/mol. The van der Waals surface area contributed by atoms with Crippen molar-refractivity contribution in [1.82, 2.24) is 0 Å². The molecule has 0 heterocycles. The van der Waals surface area contributed by atoms with E-state index >= 15 is 0 Å². The SMILES string of the molecule is Cc1ccccc1NC(=O)CNc1cc(Cl)ccc1C#N. The summed E-state index contributed by atoms with van der Waals surface area (Å²) in [5, 5.41) is 15.3. The van der Waals surface area contributed by atoms with Crippen LogP contribution >= 0.6 is 11.6 Å². The second-order valence-corrected chi connectivity index (χ2v) is 4.95. The Bertz CT molecular complexity index is 707. The van der Waals surface area contributed by atoms with Gasteiger partial charge < -0.3 is 10.6 Å². The van der Waals surface area contributed by atoms with Gasteiger partial charge >= 0.3 is 0 Å². The number of anilines is 2. The van der Waals surface area contributed by atoms with Crippen molar-refractivity contribution in [3.05, 3.63) is 58.6 Å². The Labute approximate surface area is 128 Å². The molecule has 0 fully saturated rings. The number of amides is 1. The molecule has 1 amide bonds. The molecule has 0 aromatic heterocycles. The van der Waals surface area contributed by atoms with Crippen molar-refractivity contribution in [3.63, 3.8) is 0 Å². The summed E-state index contributed by atoms with van der Waals surface area (Å²) >= 11 is 5.89. The molecule has 0 spiro atoms. The van der Waals surface area contributed by atoms with Gasteiger partial charge in [0.15, 0.2) is 0 Å². The summed E-state index contributed by atoms with van der Waals surface area (Å²) in [6, 6.07) is 14.5. The average Bonchev–Trinajstić information content (AvgIpc) is 2.48. The number of aryl methyl sites for hydroxylation is 1. The lowest BCUT2D eigenvalue weighted by atomic mass is 10.2. The number of rotatable bonds is 4. The van der Waals surface area contributed by atoms with Gasteiger partial charge in [0.2, 0.25) is 5.91 Å². The molecule has 5 heteroatoms. The van der Waals surface area contributed by atoms with E-state index < -0.39 is 0 Å². The second-order valence-electron chi connectivity index (χ2n) is 4.52. The molecule has 2 aromatic carbocycles. The molecule has 0 aliphatic rings. The summed E-state index contributed by atoms with van der Waals surface area (Å²) in [6.07, 6.45) is 0. The fourth-order valence-corrected chi connectivity index (χ4v) is 2.02. The van der Waals surface area contributed by atoms with Crippen LogP contribution in [0.1, 0.15) is 11.1 Å². The predicted octanol–water partition coefficient (Wildman–Crippen LogP) is 3.57. The Morgan fingerprint density at radius 1 is 1.24 bits per heavy atom. The molecular formula is C16H14ClN3O. The molecule has 0 atom stereocenters. The van der Waals surface area contributed by atoms with E-state index in [4.69, 9.17) is 16.9 Å². The molecule has 0 radical (unpaired) electrons. The number of nitriles is 1. The number of para-hydroxylation sites is 1. The minimum Gasteiger partial charge on any atom is -0.375 e. The molecule has 0 saturated heterocycles. The third-order valence-corrected chi connectivity index (χ3v) is 3.20. The zero-order valence-electron chi connectivity index (χ0n) is 11.5. The Morgan fingerprint density at radius 2 is 2.00 bits per heavy atom. The number of nitrogens with one attached hydrogen (secondary N) is 2. The molecule has 2 N–H and O–H groups in total. The van der Waals surface area contributed by atoms with Crippen LogP contribution < -0.4 is 10.6 Å². The quantitative estimate of drug-likeness (QED) is 0.907. The highest BCUT2D eigenvalue weighted by molar-refractivity contribution is 6.30. The first-order chi connectivity index (χ1) is 10.1. The molecule has 2 rings (SSSR count). The van der Waals surface area contributed by atoms with Crippen LogP contribution in [0.25, 0.3) is 0 Å². The third-order valence-electron chi connectivity index (χ3n) is 2.96. The van der Waals surface area contributed by atoms with E-state index in [2.05, 4.69) is 16.7 Å². The molecule has 0 saturated carbocycles. The van der Waals surface area contributed by atoms with Gasteiger partial charge in [-0.2, -0.15) is 5.26 Å². The van der Waals surface area contributed by atoms with Crippen LogP contribution in [0.4, 0.5) is 11.4 Å². The molecule has 2 aromatic rings.